The lowest BCUT2D eigenvalue weighted by atomic mass is 10.1. The molecule has 0 aliphatic carbocycles. The summed E-state index contributed by atoms with van der Waals surface area (Å²) in [6.07, 6.45) is 0.240. The van der Waals surface area contributed by atoms with E-state index in [1.165, 1.54) is 5.56 Å². The van der Waals surface area contributed by atoms with E-state index in [0.29, 0.717) is 6.54 Å². The maximum absolute atomic E-state index is 12.8. The first-order valence-electron chi connectivity index (χ1n) is 9.19. The van der Waals surface area contributed by atoms with Crippen LogP contribution >= 0.6 is 0 Å². The van der Waals surface area contributed by atoms with Gasteiger partial charge in [0.05, 0.1) is 5.92 Å². The van der Waals surface area contributed by atoms with Crippen molar-refractivity contribution in [1.29, 1.82) is 0 Å². The number of carbonyl (C=O) groups is 2. The molecule has 3 aromatic rings. The zero-order valence-corrected chi connectivity index (χ0v) is 15.5. The Morgan fingerprint density at radius 3 is 2.59 bits per heavy atom. The molecule has 136 valence electrons. The van der Waals surface area contributed by atoms with Gasteiger partial charge in [0.25, 0.3) is 0 Å². The molecule has 1 heterocycles. The minimum atomic E-state index is -0.349. The van der Waals surface area contributed by atoms with Gasteiger partial charge < -0.3 is 10.2 Å². The number of rotatable bonds is 3. The van der Waals surface area contributed by atoms with Gasteiger partial charge in [0.1, 0.15) is 0 Å². The molecule has 0 unspecified atom stereocenters. The van der Waals surface area contributed by atoms with Gasteiger partial charge in [0.2, 0.25) is 11.8 Å². The molecule has 1 atom stereocenters. The molecule has 4 heteroatoms. The molecule has 0 saturated carbocycles. The molecular formula is C23H22N2O2. The van der Waals surface area contributed by atoms with Crippen molar-refractivity contribution >= 4 is 34.0 Å². The van der Waals surface area contributed by atoms with Crippen molar-refractivity contribution in [2.45, 2.75) is 20.3 Å². The SMILES string of the molecule is Cc1ccc(N2C[C@H](C(=O)Nc3cccc4ccccc34)CC2=O)cc1C. The molecule has 1 N–H and O–H groups in total. The lowest BCUT2D eigenvalue weighted by Crippen LogP contribution is -2.28. The Balaban J connectivity index is 1.53. The van der Waals surface area contributed by atoms with Crippen molar-refractivity contribution in [2.24, 2.45) is 5.92 Å². The van der Waals surface area contributed by atoms with Crippen LogP contribution in [-0.4, -0.2) is 18.4 Å². The quantitative estimate of drug-likeness (QED) is 0.752. The van der Waals surface area contributed by atoms with Crippen LogP contribution in [0.5, 0.6) is 0 Å². The number of carbonyl (C=O) groups excluding carboxylic acids is 2. The molecule has 4 nitrogen and oxygen atoms in total. The maximum atomic E-state index is 12.8. The molecule has 27 heavy (non-hydrogen) atoms. The Kier molecular flexibility index (Phi) is 4.40. The second-order valence-electron chi connectivity index (χ2n) is 7.19. The highest BCUT2D eigenvalue weighted by molar-refractivity contribution is 6.07. The monoisotopic (exact) mass is 358 g/mol. The summed E-state index contributed by atoms with van der Waals surface area (Å²) in [5.74, 6) is -0.458. The van der Waals surface area contributed by atoms with Crippen LogP contribution in [0.1, 0.15) is 17.5 Å². The summed E-state index contributed by atoms with van der Waals surface area (Å²) in [6, 6.07) is 19.8. The van der Waals surface area contributed by atoms with Crippen LogP contribution in [-0.2, 0) is 9.59 Å². The van der Waals surface area contributed by atoms with Crippen LogP contribution in [0.3, 0.4) is 0 Å². The third-order valence-electron chi connectivity index (χ3n) is 5.35. The number of aryl methyl sites for hydroxylation is 2. The van der Waals surface area contributed by atoms with Crippen LogP contribution in [0.2, 0.25) is 0 Å². The van der Waals surface area contributed by atoms with Crippen molar-refractivity contribution in [1.82, 2.24) is 0 Å². The fraction of sp³-hybridized carbons (Fsp3) is 0.217. The lowest BCUT2D eigenvalue weighted by Gasteiger charge is -2.18. The summed E-state index contributed by atoms with van der Waals surface area (Å²) in [7, 11) is 0. The van der Waals surface area contributed by atoms with Crippen LogP contribution in [0.25, 0.3) is 10.8 Å². The molecule has 0 radical (unpaired) electrons. The third-order valence-corrected chi connectivity index (χ3v) is 5.35. The maximum Gasteiger partial charge on any atom is 0.229 e. The Labute approximate surface area is 158 Å². The van der Waals surface area contributed by atoms with Crippen molar-refractivity contribution in [2.75, 3.05) is 16.8 Å². The Morgan fingerprint density at radius 1 is 1.00 bits per heavy atom. The van der Waals surface area contributed by atoms with Gasteiger partial charge in [-0.2, -0.15) is 0 Å². The first-order chi connectivity index (χ1) is 13.0. The molecule has 0 aromatic heterocycles. The van der Waals surface area contributed by atoms with Crippen LogP contribution < -0.4 is 10.2 Å². The zero-order valence-electron chi connectivity index (χ0n) is 15.5. The van der Waals surface area contributed by atoms with Gasteiger partial charge in [-0.05, 0) is 48.6 Å². The second kappa shape index (κ2) is 6.88. The molecule has 3 aromatic carbocycles. The average molecular weight is 358 g/mol. The van der Waals surface area contributed by atoms with E-state index in [0.717, 1.165) is 27.7 Å². The summed E-state index contributed by atoms with van der Waals surface area (Å²) in [6.45, 7) is 4.49. The number of amides is 2. The molecule has 1 aliphatic heterocycles. The Hall–Kier alpha value is -3.14. The smallest absolute Gasteiger partial charge is 0.229 e. The van der Waals surface area contributed by atoms with E-state index < -0.39 is 0 Å². The number of benzene rings is 3. The predicted molar refractivity (Wildman–Crippen MR) is 109 cm³/mol. The summed E-state index contributed by atoms with van der Waals surface area (Å²) in [5, 5.41) is 5.10. The van der Waals surface area contributed by atoms with E-state index in [-0.39, 0.29) is 24.2 Å². The highest BCUT2D eigenvalue weighted by atomic mass is 16.2. The first-order valence-corrected chi connectivity index (χ1v) is 9.19. The van der Waals surface area contributed by atoms with Gasteiger partial charge in [-0.15, -0.1) is 0 Å². The van der Waals surface area contributed by atoms with E-state index in [2.05, 4.69) is 5.32 Å². The van der Waals surface area contributed by atoms with Crippen LogP contribution in [0.4, 0.5) is 11.4 Å². The molecule has 2 amide bonds. The molecular weight excluding hydrogens is 336 g/mol. The topological polar surface area (TPSA) is 49.4 Å². The molecule has 4 rings (SSSR count). The molecule has 0 spiro atoms. The lowest BCUT2D eigenvalue weighted by molar-refractivity contribution is -0.122. The zero-order chi connectivity index (χ0) is 19.0. The molecule has 1 saturated heterocycles. The minimum Gasteiger partial charge on any atom is -0.325 e. The van der Waals surface area contributed by atoms with E-state index in [4.69, 9.17) is 0 Å². The predicted octanol–water partition coefficient (Wildman–Crippen LogP) is 4.45. The standard InChI is InChI=1S/C23H22N2O2/c1-15-10-11-19(12-16(15)2)25-14-18(13-22(25)26)23(27)24-21-9-5-7-17-6-3-4-8-20(17)21/h3-12,18H,13-14H2,1-2H3,(H,24,27)/t18-/m1/s1. The summed E-state index contributed by atoms with van der Waals surface area (Å²) >= 11 is 0. The molecule has 1 fully saturated rings. The van der Waals surface area contributed by atoms with E-state index in [1.807, 2.05) is 74.5 Å². The summed E-state index contributed by atoms with van der Waals surface area (Å²) < 4.78 is 0. The van der Waals surface area contributed by atoms with E-state index >= 15 is 0 Å². The number of nitrogens with one attached hydrogen (secondary N) is 1. The van der Waals surface area contributed by atoms with Crippen molar-refractivity contribution in [3.63, 3.8) is 0 Å². The van der Waals surface area contributed by atoms with E-state index in [9.17, 15) is 9.59 Å². The fourth-order valence-corrected chi connectivity index (χ4v) is 3.60. The third kappa shape index (κ3) is 3.31. The molecule has 1 aliphatic rings. The highest BCUT2D eigenvalue weighted by Gasteiger charge is 2.35. The van der Waals surface area contributed by atoms with Gasteiger partial charge in [0, 0.05) is 29.7 Å². The largest absolute Gasteiger partial charge is 0.325 e. The fourth-order valence-electron chi connectivity index (χ4n) is 3.60. The van der Waals surface area contributed by atoms with Gasteiger partial charge >= 0.3 is 0 Å². The van der Waals surface area contributed by atoms with Gasteiger partial charge in [-0.1, -0.05) is 42.5 Å². The van der Waals surface area contributed by atoms with Gasteiger partial charge in [-0.3, -0.25) is 9.59 Å². The van der Waals surface area contributed by atoms with Crippen molar-refractivity contribution in [3.8, 4) is 0 Å². The van der Waals surface area contributed by atoms with Crippen molar-refractivity contribution in [3.05, 3.63) is 71.8 Å². The van der Waals surface area contributed by atoms with Gasteiger partial charge in [0.15, 0.2) is 0 Å². The van der Waals surface area contributed by atoms with Crippen LogP contribution in [0.15, 0.2) is 60.7 Å². The average Bonchev–Trinajstić information content (AvgIpc) is 3.06. The molecule has 0 bridgehead atoms. The Morgan fingerprint density at radius 2 is 1.78 bits per heavy atom. The van der Waals surface area contributed by atoms with E-state index in [1.54, 1.807) is 4.90 Å². The van der Waals surface area contributed by atoms with Crippen LogP contribution in [0, 0.1) is 19.8 Å². The summed E-state index contributed by atoms with van der Waals surface area (Å²) in [5.41, 5.74) is 3.98. The second-order valence-corrected chi connectivity index (χ2v) is 7.19. The normalized spacial score (nSPS) is 16.7. The number of fused-ring (bicyclic) bond motifs is 1. The Bertz CT molecular complexity index is 1040. The highest BCUT2D eigenvalue weighted by Crippen LogP contribution is 2.29. The first kappa shape index (κ1) is 17.3. The van der Waals surface area contributed by atoms with Crippen molar-refractivity contribution < 1.29 is 9.59 Å². The number of anilines is 2. The number of hydrogen-bond donors (Lipinski definition) is 1. The number of nitrogens with zero attached hydrogens (tertiary/aromatic N) is 1. The van der Waals surface area contributed by atoms with Gasteiger partial charge in [-0.25, -0.2) is 0 Å². The summed E-state index contributed by atoms with van der Waals surface area (Å²) in [4.78, 5) is 27.0. The number of hydrogen-bond acceptors (Lipinski definition) is 2. The minimum absolute atomic E-state index is 0.00340.